The fraction of sp³-hybridized carbons (Fsp3) is 0.133. The van der Waals surface area contributed by atoms with Crippen molar-refractivity contribution in [2.24, 2.45) is 0 Å². The summed E-state index contributed by atoms with van der Waals surface area (Å²) in [6.07, 6.45) is 0. The van der Waals surface area contributed by atoms with Gasteiger partial charge in [-0.25, -0.2) is 4.79 Å². The lowest BCUT2D eigenvalue weighted by Gasteiger charge is -2.09. The van der Waals surface area contributed by atoms with E-state index < -0.39 is 5.97 Å². The van der Waals surface area contributed by atoms with E-state index >= 15 is 0 Å². The fourth-order valence-corrected chi connectivity index (χ4v) is 1.81. The summed E-state index contributed by atoms with van der Waals surface area (Å²) in [6.45, 7) is 2.24. The second kappa shape index (κ2) is 5.76. The molecule has 2 aromatic rings. The molecule has 0 amide bonds. The van der Waals surface area contributed by atoms with Crippen molar-refractivity contribution in [3.8, 4) is 5.75 Å². The van der Waals surface area contributed by atoms with E-state index in [1.165, 1.54) is 6.07 Å². The Hall–Kier alpha value is -2.00. The largest absolute Gasteiger partial charge is 0.489 e. The van der Waals surface area contributed by atoms with Gasteiger partial charge in [0.2, 0.25) is 0 Å². The Balaban J connectivity index is 2.07. The average molecular weight is 277 g/mol. The lowest BCUT2D eigenvalue weighted by molar-refractivity contribution is 0.0696. The normalized spacial score (nSPS) is 10.2. The molecule has 0 radical (unpaired) electrons. The first kappa shape index (κ1) is 13.4. The quantitative estimate of drug-likeness (QED) is 0.920. The number of ether oxygens (including phenoxy) is 1. The number of carbonyl (C=O) groups is 1. The molecule has 0 aliphatic rings. The summed E-state index contributed by atoms with van der Waals surface area (Å²) in [4.78, 5) is 10.8. The maximum absolute atomic E-state index is 10.8. The molecule has 0 aliphatic carbocycles. The zero-order valence-electron chi connectivity index (χ0n) is 10.4. The smallest absolute Gasteiger partial charge is 0.335 e. The summed E-state index contributed by atoms with van der Waals surface area (Å²) in [5.41, 5.74) is 2.07. The van der Waals surface area contributed by atoms with E-state index in [2.05, 4.69) is 0 Å². The number of carboxylic acids is 1. The summed E-state index contributed by atoms with van der Waals surface area (Å²) in [7, 11) is 0. The molecular weight excluding hydrogens is 264 g/mol. The average Bonchev–Trinajstić information content (AvgIpc) is 2.39. The summed E-state index contributed by atoms with van der Waals surface area (Å²) in [6, 6.07) is 12.2. The summed E-state index contributed by atoms with van der Waals surface area (Å²) in [5, 5.41) is 9.57. The van der Waals surface area contributed by atoms with Crippen LogP contribution < -0.4 is 4.74 Å². The number of aromatic carboxylic acids is 1. The van der Waals surface area contributed by atoms with E-state index in [1.807, 2.05) is 19.1 Å². The molecule has 98 valence electrons. The molecule has 0 fully saturated rings. The molecule has 0 aromatic heterocycles. The van der Waals surface area contributed by atoms with Crippen molar-refractivity contribution in [2.45, 2.75) is 13.5 Å². The second-order valence-electron chi connectivity index (χ2n) is 4.20. The molecule has 0 aliphatic heterocycles. The summed E-state index contributed by atoms with van der Waals surface area (Å²) >= 11 is 5.80. The van der Waals surface area contributed by atoms with Crippen LogP contribution in [0.3, 0.4) is 0 Å². The van der Waals surface area contributed by atoms with Crippen molar-refractivity contribution in [3.63, 3.8) is 0 Å². The van der Waals surface area contributed by atoms with Gasteiger partial charge in [0, 0.05) is 5.02 Å². The second-order valence-corrected chi connectivity index (χ2v) is 4.64. The van der Waals surface area contributed by atoms with Gasteiger partial charge in [-0.1, -0.05) is 23.7 Å². The van der Waals surface area contributed by atoms with Gasteiger partial charge in [-0.05, 0) is 48.4 Å². The Morgan fingerprint density at radius 3 is 2.47 bits per heavy atom. The first-order valence-corrected chi connectivity index (χ1v) is 6.15. The minimum absolute atomic E-state index is 0.261. The molecule has 0 saturated heterocycles. The van der Waals surface area contributed by atoms with Crippen molar-refractivity contribution < 1.29 is 14.6 Å². The molecule has 2 aromatic carbocycles. The van der Waals surface area contributed by atoms with Crippen LogP contribution in [-0.4, -0.2) is 11.1 Å². The van der Waals surface area contributed by atoms with Gasteiger partial charge in [0.05, 0.1) is 5.56 Å². The van der Waals surface area contributed by atoms with E-state index in [0.717, 1.165) is 11.1 Å². The molecule has 19 heavy (non-hydrogen) atoms. The third kappa shape index (κ3) is 3.48. The third-order valence-electron chi connectivity index (χ3n) is 2.73. The van der Waals surface area contributed by atoms with Crippen LogP contribution in [0, 0.1) is 6.92 Å². The topological polar surface area (TPSA) is 46.5 Å². The molecule has 0 saturated carbocycles. The Morgan fingerprint density at radius 2 is 1.89 bits per heavy atom. The van der Waals surface area contributed by atoms with Gasteiger partial charge in [-0.15, -0.1) is 0 Å². The maximum Gasteiger partial charge on any atom is 0.335 e. The number of aryl methyl sites for hydroxylation is 1. The number of halogens is 1. The fourth-order valence-electron chi connectivity index (χ4n) is 1.69. The molecule has 3 nitrogen and oxygen atoms in total. The van der Waals surface area contributed by atoms with Crippen LogP contribution in [0.4, 0.5) is 0 Å². The zero-order chi connectivity index (χ0) is 13.8. The van der Waals surface area contributed by atoms with Crippen LogP contribution in [-0.2, 0) is 6.61 Å². The standard InChI is InChI=1S/C15H13ClO3/c1-10-8-12(15(17)18)4-7-14(10)19-9-11-2-5-13(16)6-3-11/h2-8H,9H2,1H3,(H,17,18). The highest BCUT2D eigenvalue weighted by atomic mass is 35.5. The van der Waals surface area contributed by atoms with Gasteiger partial charge < -0.3 is 9.84 Å². The predicted octanol–water partition coefficient (Wildman–Crippen LogP) is 3.93. The predicted molar refractivity (Wildman–Crippen MR) is 73.9 cm³/mol. The monoisotopic (exact) mass is 276 g/mol. The van der Waals surface area contributed by atoms with Crippen LogP contribution in [0.25, 0.3) is 0 Å². The Morgan fingerprint density at radius 1 is 1.21 bits per heavy atom. The van der Waals surface area contributed by atoms with E-state index in [4.69, 9.17) is 21.4 Å². The number of carboxylic acid groups (broad SMARTS) is 1. The van der Waals surface area contributed by atoms with E-state index in [1.54, 1.807) is 24.3 Å². The lowest BCUT2D eigenvalue weighted by Crippen LogP contribution is -2.00. The van der Waals surface area contributed by atoms with Crippen LogP contribution in [0.2, 0.25) is 5.02 Å². The number of hydrogen-bond donors (Lipinski definition) is 1. The van der Waals surface area contributed by atoms with Crippen LogP contribution in [0.15, 0.2) is 42.5 Å². The first-order chi connectivity index (χ1) is 9.06. The molecule has 4 heteroatoms. The van der Waals surface area contributed by atoms with E-state index in [0.29, 0.717) is 17.4 Å². The first-order valence-electron chi connectivity index (χ1n) is 5.77. The van der Waals surface area contributed by atoms with Crippen molar-refractivity contribution in [2.75, 3.05) is 0 Å². The molecular formula is C15H13ClO3. The van der Waals surface area contributed by atoms with E-state index in [-0.39, 0.29) is 5.56 Å². The zero-order valence-corrected chi connectivity index (χ0v) is 11.1. The Kier molecular flexibility index (Phi) is 4.07. The Labute approximate surface area is 116 Å². The van der Waals surface area contributed by atoms with Gasteiger partial charge in [-0.2, -0.15) is 0 Å². The SMILES string of the molecule is Cc1cc(C(=O)O)ccc1OCc1ccc(Cl)cc1. The minimum Gasteiger partial charge on any atom is -0.489 e. The molecule has 0 bridgehead atoms. The minimum atomic E-state index is -0.938. The van der Waals surface area contributed by atoms with Crippen LogP contribution >= 0.6 is 11.6 Å². The van der Waals surface area contributed by atoms with Gasteiger partial charge in [-0.3, -0.25) is 0 Å². The van der Waals surface area contributed by atoms with E-state index in [9.17, 15) is 4.79 Å². The maximum atomic E-state index is 10.8. The van der Waals surface area contributed by atoms with Gasteiger partial charge in [0.1, 0.15) is 12.4 Å². The summed E-state index contributed by atoms with van der Waals surface area (Å²) < 4.78 is 5.66. The highest BCUT2D eigenvalue weighted by Gasteiger charge is 2.06. The third-order valence-corrected chi connectivity index (χ3v) is 2.98. The molecule has 2 rings (SSSR count). The van der Waals surface area contributed by atoms with Crippen LogP contribution in [0.5, 0.6) is 5.75 Å². The summed E-state index contributed by atoms with van der Waals surface area (Å²) in [5.74, 6) is -0.257. The number of benzene rings is 2. The highest BCUT2D eigenvalue weighted by molar-refractivity contribution is 6.30. The molecule has 0 atom stereocenters. The van der Waals surface area contributed by atoms with Gasteiger partial charge >= 0.3 is 5.97 Å². The van der Waals surface area contributed by atoms with Gasteiger partial charge in [0.25, 0.3) is 0 Å². The number of hydrogen-bond acceptors (Lipinski definition) is 2. The number of rotatable bonds is 4. The van der Waals surface area contributed by atoms with Crippen molar-refractivity contribution in [1.29, 1.82) is 0 Å². The molecule has 0 spiro atoms. The van der Waals surface area contributed by atoms with Crippen molar-refractivity contribution in [1.82, 2.24) is 0 Å². The molecule has 1 N–H and O–H groups in total. The molecule has 0 unspecified atom stereocenters. The van der Waals surface area contributed by atoms with Gasteiger partial charge in [0.15, 0.2) is 0 Å². The highest BCUT2D eigenvalue weighted by Crippen LogP contribution is 2.21. The van der Waals surface area contributed by atoms with Crippen molar-refractivity contribution in [3.05, 3.63) is 64.2 Å². The van der Waals surface area contributed by atoms with Crippen LogP contribution in [0.1, 0.15) is 21.5 Å². The Bertz CT molecular complexity index is 591. The molecule has 0 heterocycles. The van der Waals surface area contributed by atoms with Crippen molar-refractivity contribution >= 4 is 17.6 Å². The lowest BCUT2D eigenvalue weighted by atomic mass is 10.1.